The van der Waals surface area contributed by atoms with Gasteiger partial charge in [0.2, 0.25) is 11.8 Å². The predicted molar refractivity (Wildman–Crippen MR) is 115 cm³/mol. The molecule has 9 heteroatoms. The lowest BCUT2D eigenvalue weighted by Gasteiger charge is -2.30. The Morgan fingerprint density at radius 2 is 1.90 bits per heavy atom. The quantitative estimate of drug-likeness (QED) is 0.566. The first kappa shape index (κ1) is 21.5. The highest BCUT2D eigenvalue weighted by Crippen LogP contribution is 2.20. The van der Waals surface area contributed by atoms with Crippen molar-refractivity contribution in [2.45, 2.75) is 33.1 Å². The minimum atomic E-state index is -0.606. The van der Waals surface area contributed by atoms with E-state index in [-0.39, 0.29) is 23.8 Å². The van der Waals surface area contributed by atoms with Crippen LogP contribution < -0.4 is 21.9 Å². The van der Waals surface area contributed by atoms with Gasteiger partial charge in [-0.2, -0.15) is 0 Å². The molecule has 0 bridgehead atoms. The van der Waals surface area contributed by atoms with Gasteiger partial charge in [-0.15, -0.1) is 0 Å². The Bertz CT molecular complexity index is 1040. The highest BCUT2D eigenvalue weighted by Gasteiger charge is 2.25. The topological polar surface area (TPSA) is 127 Å². The first-order valence-electron chi connectivity index (χ1n) is 10.1. The van der Waals surface area contributed by atoms with Crippen LogP contribution in [0.5, 0.6) is 0 Å². The first-order chi connectivity index (χ1) is 14.4. The third-order valence-corrected chi connectivity index (χ3v) is 5.33. The molecular formula is C21H27N5O4. The molecule has 160 valence electrons. The fourth-order valence-electron chi connectivity index (χ4n) is 3.68. The monoisotopic (exact) mass is 413 g/mol. The third kappa shape index (κ3) is 5.44. The largest absolute Gasteiger partial charge is 0.326 e. The highest BCUT2D eigenvalue weighted by molar-refractivity contribution is 5.95. The predicted octanol–water partition coefficient (Wildman–Crippen LogP) is 1.22. The number of nitrogens with one attached hydrogen (secondary N) is 4. The molecule has 30 heavy (non-hydrogen) atoms. The van der Waals surface area contributed by atoms with Gasteiger partial charge in [0.25, 0.3) is 5.56 Å². The molecule has 2 aromatic rings. The molecule has 0 aliphatic carbocycles. The maximum atomic E-state index is 12.6. The van der Waals surface area contributed by atoms with Gasteiger partial charge in [-0.1, -0.05) is 13.0 Å². The summed E-state index contributed by atoms with van der Waals surface area (Å²) < 4.78 is 0. The minimum absolute atomic E-state index is 0.0213. The number of aromatic nitrogens is 2. The number of rotatable bonds is 6. The molecule has 1 unspecified atom stereocenters. The zero-order valence-corrected chi connectivity index (χ0v) is 17.2. The molecule has 1 aromatic carbocycles. The van der Waals surface area contributed by atoms with Gasteiger partial charge in [-0.3, -0.25) is 19.4 Å². The molecule has 2 heterocycles. The fraction of sp³-hybridized carbons (Fsp3) is 0.429. The molecule has 1 aliphatic rings. The van der Waals surface area contributed by atoms with Crippen LogP contribution >= 0.6 is 0 Å². The minimum Gasteiger partial charge on any atom is -0.326 e. The average molecular weight is 413 g/mol. The number of hydrogen-bond acceptors (Lipinski definition) is 5. The van der Waals surface area contributed by atoms with Crippen LogP contribution in [-0.2, 0) is 16.0 Å². The van der Waals surface area contributed by atoms with Crippen molar-refractivity contribution in [3.05, 3.63) is 56.4 Å². The van der Waals surface area contributed by atoms with E-state index in [2.05, 4.69) is 32.4 Å². The van der Waals surface area contributed by atoms with Crippen molar-refractivity contribution >= 4 is 23.2 Å². The van der Waals surface area contributed by atoms with Crippen LogP contribution in [0.1, 0.15) is 31.0 Å². The van der Waals surface area contributed by atoms with E-state index >= 15 is 0 Å². The van der Waals surface area contributed by atoms with Crippen LogP contribution in [0.15, 0.2) is 33.9 Å². The zero-order valence-electron chi connectivity index (χ0n) is 17.2. The van der Waals surface area contributed by atoms with E-state index in [4.69, 9.17) is 0 Å². The number of anilines is 2. The van der Waals surface area contributed by atoms with Crippen molar-refractivity contribution in [1.82, 2.24) is 14.9 Å². The maximum absolute atomic E-state index is 12.6. The molecule has 0 radical (unpaired) electrons. The number of H-pyrrole nitrogens is 2. The summed E-state index contributed by atoms with van der Waals surface area (Å²) in [5.41, 5.74) is 0.480. The second-order valence-electron chi connectivity index (χ2n) is 7.54. The van der Waals surface area contributed by atoms with E-state index < -0.39 is 17.2 Å². The maximum Gasteiger partial charge on any atom is 0.325 e. The van der Waals surface area contributed by atoms with E-state index in [1.165, 1.54) is 0 Å². The summed E-state index contributed by atoms with van der Waals surface area (Å²) in [6.45, 7) is 6.38. The van der Waals surface area contributed by atoms with Gasteiger partial charge in [0.1, 0.15) is 0 Å². The van der Waals surface area contributed by atoms with Crippen LogP contribution in [0.2, 0.25) is 0 Å². The number of hydrogen-bond donors (Lipinski definition) is 4. The second-order valence-corrected chi connectivity index (χ2v) is 7.54. The van der Waals surface area contributed by atoms with Crippen LogP contribution in [0.3, 0.4) is 0 Å². The number of aromatic amines is 2. The van der Waals surface area contributed by atoms with E-state index in [9.17, 15) is 19.2 Å². The first-order valence-corrected chi connectivity index (χ1v) is 10.1. The van der Waals surface area contributed by atoms with Gasteiger partial charge in [0, 0.05) is 29.2 Å². The summed E-state index contributed by atoms with van der Waals surface area (Å²) in [4.78, 5) is 55.0. The van der Waals surface area contributed by atoms with Crippen molar-refractivity contribution < 1.29 is 9.59 Å². The van der Waals surface area contributed by atoms with Crippen molar-refractivity contribution in [3.8, 4) is 0 Å². The average Bonchev–Trinajstić information content (AvgIpc) is 2.71. The number of carbonyl (C=O) groups is 2. The second kappa shape index (κ2) is 9.53. The summed E-state index contributed by atoms with van der Waals surface area (Å²) in [6.07, 6.45) is 1.70. The number of benzene rings is 1. The lowest BCUT2D eigenvalue weighted by Crippen LogP contribution is -2.40. The van der Waals surface area contributed by atoms with E-state index in [1.54, 1.807) is 31.2 Å². The molecule has 1 aliphatic heterocycles. The molecule has 0 spiro atoms. The van der Waals surface area contributed by atoms with E-state index in [0.29, 0.717) is 17.1 Å². The van der Waals surface area contributed by atoms with Crippen molar-refractivity contribution in [2.24, 2.45) is 5.92 Å². The number of aryl methyl sites for hydroxylation is 1. The van der Waals surface area contributed by atoms with Gasteiger partial charge in [-0.05, 0) is 51.1 Å². The van der Waals surface area contributed by atoms with Gasteiger partial charge >= 0.3 is 5.69 Å². The Morgan fingerprint density at radius 3 is 2.60 bits per heavy atom. The van der Waals surface area contributed by atoms with Crippen LogP contribution in [0, 0.1) is 12.8 Å². The summed E-state index contributed by atoms with van der Waals surface area (Å²) in [7, 11) is 0. The molecule has 1 atom stereocenters. The molecule has 2 amide bonds. The zero-order chi connectivity index (χ0) is 21.7. The number of carbonyl (C=O) groups excluding carboxylic acids is 2. The smallest absolute Gasteiger partial charge is 0.325 e. The molecule has 9 nitrogen and oxygen atoms in total. The number of amides is 2. The summed E-state index contributed by atoms with van der Waals surface area (Å²) in [5.74, 6) is -0.469. The Kier molecular flexibility index (Phi) is 6.83. The fourth-order valence-corrected chi connectivity index (χ4v) is 3.68. The Balaban J connectivity index is 1.63. The lowest BCUT2D eigenvalue weighted by atomic mass is 9.97. The van der Waals surface area contributed by atoms with Gasteiger partial charge in [0.15, 0.2) is 0 Å². The van der Waals surface area contributed by atoms with Gasteiger partial charge < -0.3 is 20.5 Å². The van der Waals surface area contributed by atoms with E-state index in [1.807, 2.05) is 0 Å². The van der Waals surface area contributed by atoms with Crippen molar-refractivity contribution in [3.63, 3.8) is 0 Å². The van der Waals surface area contributed by atoms with E-state index in [0.717, 1.165) is 32.5 Å². The third-order valence-electron chi connectivity index (χ3n) is 5.33. The van der Waals surface area contributed by atoms with Crippen LogP contribution in [0.4, 0.5) is 11.4 Å². The lowest BCUT2D eigenvalue weighted by molar-refractivity contribution is -0.121. The molecular weight excluding hydrogens is 386 g/mol. The van der Waals surface area contributed by atoms with Crippen molar-refractivity contribution in [2.75, 3.05) is 30.3 Å². The van der Waals surface area contributed by atoms with Crippen molar-refractivity contribution in [1.29, 1.82) is 0 Å². The number of piperidine rings is 1. The molecule has 4 N–H and O–H groups in total. The standard InChI is InChI=1S/C21H27N5O4/c1-3-26-9-5-6-14(12-26)19(28)24-16-8-4-7-15(10-16)23-18(27)11-17-13(2)22-21(30)25-20(17)29/h4,7-8,10,14H,3,5-6,9,11-12H2,1-2H3,(H,23,27)(H,24,28)(H2,22,25,29,30). The summed E-state index contributed by atoms with van der Waals surface area (Å²) in [5, 5.41) is 5.66. The SMILES string of the molecule is CCN1CCCC(C(=O)Nc2cccc(NC(=O)Cc3c(C)[nH]c(=O)[nH]c3=O)c2)C1. The van der Waals surface area contributed by atoms with Gasteiger partial charge in [-0.25, -0.2) is 4.79 Å². The summed E-state index contributed by atoms with van der Waals surface area (Å²) >= 11 is 0. The molecule has 3 rings (SSSR count). The number of likely N-dealkylation sites (tertiary alicyclic amines) is 1. The number of nitrogens with zero attached hydrogens (tertiary/aromatic N) is 1. The molecule has 1 saturated heterocycles. The van der Waals surface area contributed by atoms with Crippen LogP contribution in [-0.4, -0.2) is 46.3 Å². The summed E-state index contributed by atoms with van der Waals surface area (Å²) in [6, 6.07) is 6.89. The Morgan fingerprint density at radius 1 is 1.17 bits per heavy atom. The highest BCUT2D eigenvalue weighted by atomic mass is 16.2. The molecule has 0 saturated carbocycles. The van der Waals surface area contributed by atoms with Gasteiger partial charge in [0.05, 0.1) is 12.3 Å². The Hall–Kier alpha value is -3.20. The molecule has 1 fully saturated rings. The molecule has 1 aromatic heterocycles. The van der Waals surface area contributed by atoms with Crippen LogP contribution in [0.25, 0.3) is 0 Å². The Labute approximate surface area is 173 Å². The normalized spacial score (nSPS) is 16.8.